The van der Waals surface area contributed by atoms with E-state index in [2.05, 4.69) is 0 Å². The summed E-state index contributed by atoms with van der Waals surface area (Å²) in [6, 6.07) is 19.6. The maximum absolute atomic E-state index is 13.0. The largest absolute Gasteiger partial charge is 0.426 e. The van der Waals surface area contributed by atoms with E-state index in [1.54, 1.807) is 24.3 Å². The van der Waals surface area contributed by atoms with Gasteiger partial charge in [-0.3, -0.25) is 9.59 Å². The van der Waals surface area contributed by atoms with Crippen molar-refractivity contribution in [1.82, 2.24) is 0 Å². The zero-order valence-electron chi connectivity index (χ0n) is 15.6. The number of ketones is 1. The normalized spacial score (nSPS) is 15.4. The molecule has 0 saturated carbocycles. The monoisotopic (exact) mass is 390 g/mol. The molecule has 1 aliphatic heterocycles. The van der Waals surface area contributed by atoms with Crippen molar-refractivity contribution < 1.29 is 23.5 Å². The van der Waals surface area contributed by atoms with Crippen LogP contribution in [0.25, 0.3) is 0 Å². The highest BCUT2D eigenvalue weighted by atomic mass is 19.1. The molecule has 146 valence electrons. The Morgan fingerprint density at radius 3 is 2.31 bits per heavy atom. The number of esters is 1. The quantitative estimate of drug-likeness (QED) is 0.361. The van der Waals surface area contributed by atoms with Crippen LogP contribution in [-0.4, -0.2) is 18.4 Å². The van der Waals surface area contributed by atoms with Gasteiger partial charge in [0.1, 0.15) is 11.6 Å². The first kappa shape index (κ1) is 19.0. The topological polar surface area (TPSA) is 52.6 Å². The number of fused-ring (bicyclic) bond motifs is 1. The summed E-state index contributed by atoms with van der Waals surface area (Å²) in [5, 5.41) is 0. The highest BCUT2D eigenvalue weighted by Gasteiger charge is 2.24. The van der Waals surface area contributed by atoms with Crippen molar-refractivity contribution in [3.05, 3.63) is 101 Å². The second kappa shape index (κ2) is 8.37. The lowest BCUT2D eigenvalue weighted by Crippen LogP contribution is -2.21. The Labute approximate surface area is 167 Å². The predicted octanol–water partition coefficient (Wildman–Crippen LogP) is 4.67. The second-order valence-electron chi connectivity index (χ2n) is 6.85. The zero-order valence-corrected chi connectivity index (χ0v) is 15.6. The molecule has 4 nitrogen and oxygen atoms in total. The number of hydrogen-bond donors (Lipinski definition) is 0. The third-order valence-electron chi connectivity index (χ3n) is 4.90. The summed E-state index contributed by atoms with van der Waals surface area (Å²) in [7, 11) is 0. The van der Waals surface area contributed by atoms with Crippen molar-refractivity contribution >= 4 is 11.8 Å². The number of ether oxygens (including phenoxy) is 2. The fourth-order valence-corrected chi connectivity index (χ4v) is 3.41. The SMILES string of the molecule is O=C(CC1OCCc2ccccc21)Oc1ccc(C(=O)c2ccc(F)cc2)cc1. The number of halogens is 1. The number of benzene rings is 3. The summed E-state index contributed by atoms with van der Waals surface area (Å²) in [5.41, 5.74) is 3.04. The maximum atomic E-state index is 13.0. The Balaban J connectivity index is 1.39. The molecule has 0 bridgehead atoms. The van der Waals surface area contributed by atoms with E-state index >= 15 is 0 Å². The standard InChI is InChI=1S/C24H19FO4/c25-19-9-5-17(6-10-19)24(27)18-7-11-20(12-8-18)29-23(26)15-22-21-4-2-1-3-16(21)13-14-28-22/h1-12,22H,13-15H2. The van der Waals surface area contributed by atoms with Gasteiger partial charge in [0.25, 0.3) is 0 Å². The van der Waals surface area contributed by atoms with Crippen LogP contribution < -0.4 is 4.74 Å². The van der Waals surface area contributed by atoms with Gasteiger partial charge in [0.05, 0.1) is 19.1 Å². The molecule has 3 aromatic rings. The molecule has 0 N–H and O–H groups in total. The van der Waals surface area contributed by atoms with E-state index < -0.39 is 11.8 Å². The average molecular weight is 390 g/mol. The molecule has 0 aromatic heterocycles. The van der Waals surface area contributed by atoms with Crippen LogP contribution in [0.2, 0.25) is 0 Å². The maximum Gasteiger partial charge on any atom is 0.314 e. The van der Waals surface area contributed by atoms with Gasteiger partial charge >= 0.3 is 5.97 Å². The molecule has 1 unspecified atom stereocenters. The van der Waals surface area contributed by atoms with Gasteiger partial charge in [0.2, 0.25) is 0 Å². The van der Waals surface area contributed by atoms with E-state index in [-0.39, 0.29) is 18.3 Å². The van der Waals surface area contributed by atoms with Crippen molar-refractivity contribution in [3.63, 3.8) is 0 Å². The first-order valence-corrected chi connectivity index (χ1v) is 9.40. The minimum Gasteiger partial charge on any atom is -0.426 e. The fourth-order valence-electron chi connectivity index (χ4n) is 3.41. The van der Waals surface area contributed by atoms with Gasteiger partial charge < -0.3 is 9.47 Å². The van der Waals surface area contributed by atoms with Crippen LogP contribution in [0.5, 0.6) is 5.75 Å². The minimum atomic E-state index is -0.399. The Morgan fingerprint density at radius 1 is 0.931 bits per heavy atom. The number of rotatable bonds is 5. The molecule has 1 atom stereocenters. The average Bonchev–Trinajstić information content (AvgIpc) is 2.74. The van der Waals surface area contributed by atoms with Crippen LogP contribution in [0.3, 0.4) is 0 Å². The predicted molar refractivity (Wildman–Crippen MR) is 105 cm³/mol. The minimum absolute atomic E-state index is 0.118. The van der Waals surface area contributed by atoms with Gasteiger partial charge in [-0.05, 0) is 66.1 Å². The molecule has 1 aliphatic rings. The molecule has 0 radical (unpaired) electrons. The second-order valence-corrected chi connectivity index (χ2v) is 6.85. The molecule has 1 heterocycles. The van der Waals surface area contributed by atoms with E-state index in [4.69, 9.17) is 9.47 Å². The van der Waals surface area contributed by atoms with E-state index in [1.807, 2.05) is 24.3 Å². The number of carbonyl (C=O) groups excluding carboxylic acids is 2. The lowest BCUT2D eigenvalue weighted by Gasteiger charge is -2.25. The van der Waals surface area contributed by atoms with Crippen LogP contribution >= 0.6 is 0 Å². The van der Waals surface area contributed by atoms with Crippen molar-refractivity contribution in [3.8, 4) is 5.75 Å². The summed E-state index contributed by atoms with van der Waals surface area (Å²) in [4.78, 5) is 24.8. The summed E-state index contributed by atoms with van der Waals surface area (Å²) in [6.45, 7) is 0.579. The van der Waals surface area contributed by atoms with E-state index in [0.717, 1.165) is 12.0 Å². The van der Waals surface area contributed by atoms with Gasteiger partial charge in [0.15, 0.2) is 5.78 Å². The lowest BCUT2D eigenvalue weighted by atomic mass is 9.96. The molecule has 0 amide bonds. The Morgan fingerprint density at radius 2 is 1.59 bits per heavy atom. The van der Waals surface area contributed by atoms with E-state index in [1.165, 1.54) is 29.8 Å². The highest BCUT2D eigenvalue weighted by Crippen LogP contribution is 2.30. The molecule has 0 spiro atoms. The third-order valence-corrected chi connectivity index (χ3v) is 4.90. The molecule has 5 heteroatoms. The van der Waals surface area contributed by atoms with Gasteiger partial charge in [-0.2, -0.15) is 0 Å². The summed E-state index contributed by atoms with van der Waals surface area (Å²) >= 11 is 0. The zero-order chi connectivity index (χ0) is 20.2. The molecule has 0 fully saturated rings. The van der Waals surface area contributed by atoms with Gasteiger partial charge in [-0.15, -0.1) is 0 Å². The Bertz CT molecular complexity index is 1030. The smallest absolute Gasteiger partial charge is 0.314 e. The first-order chi connectivity index (χ1) is 14.1. The highest BCUT2D eigenvalue weighted by molar-refractivity contribution is 6.09. The van der Waals surface area contributed by atoms with Crippen LogP contribution in [0.15, 0.2) is 72.8 Å². The van der Waals surface area contributed by atoms with Crippen molar-refractivity contribution in [2.24, 2.45) is 0 Å². The van der Waals surface area contributed by atoms with Crippen LogP contribution in [0.4, 0.5) is 4.39 Å². The van der Waals surface area contributed by atoms with Crippen LogP contribution in [0.1, 0.15) is 39.6 Å². The Kier molecular flexibility index (Phi) is 5.49. The molecule has 29 heavy (non-hydrogen) atoms. The van der Waals surface area contributed by atoms with Gasteiger partial charge in [-0.1, -0.05) is 24.3 Å². The van der Waals surface area contributed by atoms with Crippen molar-refractivity contribution in [1.29, 1.82) is 0 Å². The molecule has 0 saturated heterocycles. The summed E-state index contributed by atoms with van der Waals surface area (Å²) in [6.07, 6.45) is 0.644. The molecular formula is C24H19FO4. The fraction of sp³-hybridized carbons (Fsp3) is 0.167. The lowest BCUT2D eigenvalue weighted by molar-refractivity contribution is -0.138. The first-order valence-electron chi connectivity index (χ1n) is 9.40. The molecular weight excluding hydrogens is 371 g/mol. The van der Waals surface area contributed by atoms with Crippen molar-refractivity contribution in [2.75, 3.05) is 6.61 Å². The molecule has 4 rings (SSSR count). The molecule has 0 aliphatic carbocycles. The number of carbonyl (C=O) groups is 2. The number of hydrogen-bond acceptors (Lipinski definition) is 4. The van der Waals surface area contributed by atoms with Crippen molar-refractivity contribution in [2.45, 2.75) is 18.9 Å². The van der Waals surface area contributed by atoms with Gasteiger partial charge in [0, 0.05) is 11.1 Å². The molecule has 3 aromatic carbocycles. The van der Waals surface area contributed by atoms with Crippen LogP contribution in [-0.2, 0) is 16.0 Å². The summed E-state index contributed by atoms with van der Waals surface area (Å²) in [5.74, 6) is -0.664. The Hall–Kier alpha value is -3.31. The van der Waals surface area contributed by atoms with Gasteiger partial charge in [-0.25, -0.2) is 4.39 Å². The van der Waals surface area contributed by atoms with E-state index in [0.29, 0.717) is 23.5 Å². The third kappa shape index (κ3) is 4.41. The van der Waals surface area contributed by atoms with E-state index in [9.17, 15) is 14.0 Å². The summed E-state index contributed by atoms with van der Waals surface area (Å²) < 4.78 is 24.2. The van der Waals surface area contributed by atoms with Crippen LogP contribution in [0, 0.1) is 5.82 Å².